The molecule has 0 aliphatic carbocycles. The van der Waals surface area contributed by atoms with Crippen LogP contribution < -0.4 is 0 Å². The van der Waals surface area contributed by atoms with Gasteiger partial charge < -0.3 is 19.7 Å². The topological polar surface area (TPSA) is 93.1 Å². The predicted octanol–water partition coefficient (Wildman–Crippen LogP) is -0.0516. The van der Waals surface area contributed by atoms with E-state index in [4.69, 9.17) is 14.9 Å². The summed E-state index contributed by atoms with van der Waals surface area (Å²) in [6.07, 6.45) is 1.76. The molecule has 0 saturated carbocycles. The molecule has 0 aliphatic heterocycles. The van der Waals surface area contributed by atoms with E-state index in [1.165, 1.54) is 26.2 Å². The molecule has 0 fully saturated rings. The Morgan fingerprint density at radius 3 is 2.11 bits per heavy atom. The first-order chi connectivity index (χ1) is 8.42. The van der Waals surface area contributed by atoms with Crippen LogP contribution in [0.25, 0.3) is 0 Å². The minimum Gasteiger partial charge on any atom is -0.466 e. The summed E-state index contributed by atoms with van der Waals surface area (Å²) in [5.41, 5.74) is 0.614. The molecule has 2 N–H and O–H groups in total. The molecule has 6 heteroatoms. The molecule has 6 nitrogen and oxygen atoms in total. The Hall–Kier alpha value is -1.66. The third-order valence-corrected chi connectivity index (χ3v) is 2.03. The van der Waals surface area contributed by atoms with Gasteiger partial charge in [0.15, 0.2) is 0 Å². The summed E-state index contributed by atoms with van der Waals surface area (Å²) in [7, 11) is 1.26. The van der Waals surface area contributed by atoms with Crippen molar-refractivity contribution in [3.8, 4) is 0 Å². The van der Waals surface area contributed by atoms with Gasteiger partial charge in [0.2, 0.25) is 0 Å². The van der Waals surface area contributed by atoms with E-state index in [2.05, 4.69) is 4.74 Å². The van der Waals surface area contributed by atoms with E-state index in [0.717, 1.165) is 0 Å². The SMILES string of the molecule is COC(=O)/C(C)=C/C=C(\C)C(=O)OCC(O)CO. The van der Waals surface area contributed by atoms with Gasteiger partial charge in [-0.15, -0.1) is 0 Å². The number of ether oxygens (including phenoxy) is 2. The smallest absolute Gasteiger partial charge is 0.333 e. The van der Waals surface area contributed by atoms with Gasteiger partial charge in [-0.3, -0.25) is 0 Å². The Bertz CT molecular complexity index is 356. The maximum absolute atomic E-state index is 11.4. The van der Waals surface area contributed by atoms with E-state index >= 15 is 0 Å². The van der Waals surface area contributed by atoms with Gasteiger partial charge in [0.25, 0.3) is 0 Å². The van der Waals surface area contributed by atoms with E-state index < -0.39 is 24.6 Å². The van der Waals surface area contributed by atoms with Crippen molar-refractivity contribution in [2.75, 3.05) is 20.3 Å². The summed E-state index contributed by atoms with van der Waals surface area (Å²) in [6.45, 7) is 2.31. The Morgan fingerprint density at radius 2 is 1.67 bits per heavy atom. The fourth-order valence-corrected chi connectivity index (χ4v) is 0.885. The zero-order valence-electron chi connectivity index (χ0n) is 10.7. The lowest BCUT2D eigenvalue weighted by molar-refractivity contribution is -0.142. The lowest BCUT2D eigenvalue weighted by Crippen LogP contribution is -2.22. The average Bonchev–Trinajstić information content (AvgIpc) is 2.39. The Morgan fingerprint density at radius 1 is 1.17 bits per heavy atom. The maximum atomic E-state index is 11.4. The van der Waals surface area contributed by atoms with E-state index in [-0.39, 0.29) is 12.2 Å². The zero-order valence-corrected chi connectivity index (χ0v) is 10.7. The number of methoxy groups -OCH3 is 1. The molecule has 0 saturated heterocycles. The van der Waals surface area contributed by atoms with Crippen LogP contribution in [-0.2, 0) is 19.1 Å². The van der Waals surface area contributed by atoms with Gasteiger partial charge in [-0.25, -0.2) is 9.59 Å². The molecule has 1 unspecified atom stereocenters. The van der Waals surface area contributed by atoms with Crippen LogP contribution >= 0.6 is 0 Å². The van der Waals surface area contributed by atoms with Gasteiger partial charge in [-0.05, 0) is 13.8 Å². The van der Waals surface area contributed by atoms with Crippen LogP contribution in [0.1, 0.15) is 13.8 Å². The molecule has 0 aromatic heterocycles. The molecule has 102 valence electrons. The number of rotatable bonds is 6. The Kier molecular flexibility index (Phi) is 7.66. The van der Waals surface area contributed by atoms with Crippen LogP contribution in [0.3, 0.4) is 0 Å². The van der Waals surface area contributed by atoms with Crippen molar-refractivity contribution in [3.05, 3.63) is 23.3 Å². The maximum Gasteiger partial charge on any atom is 0.333 e. The highest BCUT2D eigenvalue weighted by Gasteiger charge is 2.09. The van der Waals surface area contributed by atoms with E-state index in [1.807, 2.05) is 0 Å². The molecule has 1 atom stereocenters. The second-order valence-electron chi connectivity index (χ2n) is 3.63. The van der Waals surface area contributed by atoms with Gasteiger partial charge in [-0.2, -0.15) is 0 Å². The molecule has 0 amide bonds. The van der Waals surface area contributed by atoms with Crippen LogP contribution in [0.2, 0.25) is 0 Å². The van der Waals surface area contributed by atoms with Crippen molar-refractivity contribution in [2.45, 2.75) is 20.0 Å². The molecule has 0 rings (SSSR count). The number of allylic oxidation sites excluding steroid dienone is 2. The molecule has 0 radical (unpaired) electrons. The van der Waals surface area contributed by atoms with Crippen LogP contribution in [0, 0.1) is 0 Å². The fraction of sp³-hybridized carbons (Fsp3) is 0.500. The Labute approximate surface area is 106 Å². The fourth-order valence-electron chi connectivity index (χ4n) is 0.885. The normalized spacial score (nSPS) is 14.1. The largest absolute Gasteiger partial charge is 0.466 e. The van der Waals surface area contributed by atoms with Crippen molar-refractivity contribution in [1.82, 2.24) is 0 Å². The third-order valence-electron chi connectivity index (χ3n) is 2.03. The van der Waals surface area contributed by atoms with E-state index in [1.54, 1.807) is 6.92 Å². The van der Waals surface area contributed by atoms with Gasteiger partial charge in [0, 0.05) is 11.1 Å². The molecule has 0 aliphatic rings. The van der Waals surface area contributed by atoms with Crippen molar-refractivity contribution < 1.29 is 29.3 Å². The molecule has 0 spiro atoms. The summed E-state index contributed by atoms with van der Waals surface area (Å²) in [4.78, 5) is 22.4. The van der Waals surface area contributed by atoms with E-state index in [0.29, 0.717) is 5.57 Å². The average molecular weight is 258 g/mol. The number of hydrogen-bond acceptors (Lipinski definition) is 6. The van der Waals surface area contributed by atoms with Crippen molar-refractivity contribution in [2.24, 2.45) is 0 Å². The molecular formula is C12H18O6. The second kappa shape index (κ2) is 8.43. The highest BCUT2D eigenvalue weighted by atomic mass is 16.5. The molecule has 0 heterocycles. The van der Waals surface area contributed by atoms with Gasteiger partial charge >= 0.3 is 11.9 Å². The summed E-state index contributed by atoms with van der Waals surface area (Å²) >= 11 is 0. The number of aliphatic hydroxyl groups is 2. The summed E-state index contributed by atoms with van der Waals surface area (Å²) in [5, 5.41) is 17.5. The highest BCUT2D eigenvalue weighted by Crippen LogP contribution is 2.02. The van der Waals surface area contributed by atoms with Crippen LogP contribution in [0.4, 0.5) is 0 Å². The lowest BCUT2D eigenvalue weighted by Gasteiger charge is -2.08. The number of esters is 2. The number of carbonyl (C=O) groups is 2. The molecular weight excluding hydrogens is 240 g/mol. The van der Waals surface area contributed by atoms with E-state index in [9.17, 15) is 9.59 Å². The highest BCUT2D eigenvalue weighted by molar-refractivity contribution is 5.90. The first kappa shape index (κ1) is 16.3. The monoisotopic (exact) mass is 258 g/mol. The second-order valence-corrected chi connectivity index (χ2v) is 3.63. The first-order valence-electron chi connectivity index (χ1n) is 5.32. The summed E-state index contributed by atoms with van der Waals surface area (Å²) in [6, 6.07) is 0. The number of aliphatic hydroxyl groups excluding tert-OH is 2. The minimum absolute atomic E-state index is 0.267. The zero-order chi connectivity index (χ0) is 14.1. The van der Waals surface area contributed by atoms with Gasteiger partial charge in [-0.1, -0.05) is 12.2 Å². The summed E-state index contributed by atoms with van der Waals surface area (Å²) < 4.78 is 9.20. The minimum atomic E-state index is -1.09. The first-order valence-corrected chi connectivity index (χ1v) is 5.32. The van der Waals surface area contributed by atoms with Crippen LogP contribution in [0.5, 0.6) is 0 Å². The number of hydrogen-bond donors (Lipinski definition) is 2. The number of carbonyl (C=O) groups excluding carboxylic acids is 2. The van der Waals surface area contributed by atoms with Crippen molar-refractivity contribution >= 4 is 11.9 Å². The quantitative estimate of drug-likeness (QED) is 0.394. The van der Waals surface area contributed by atoms with Crippen LogP contribution in [-0.4, -0.2) is 48.6 Å². The molecule has 0 aromatic rings. The van der Waals surface area contributed by atoms with Crippen molar-refractivity contribution in [3.63, 3.8) is 0 Å². The standard InChI is InChI=1S/C12H18O6/c1-8(11(15)17-3)4-5-9(2)12(16)18-7-10(14)6-13/h4-5,10,13-14H,6-7H2,1-3H3/b8-4+,9-5+. The van der Waals surface area contributed by atoms with Crippen molar-refractivity contribution in [1.29, 1.82) is 0 Å². The molecule has 18 heavy (non-hydrogen) atoms. The third kappa shape index (κ3) is 6.17. The van der Waals surface area contributed by atoms with Gasteiger partial charge in [0.05, 0.1) is 13.7 Å². The molecule has 0 aromatic carbocycles. The molecule has 0 bridgehead atoms. The summed E-state index contributed by atoms with van der Waals surface area (Å²) in [5.74, 6) is -1.11. The van der Waals surface area contributed by atoms with Gasteiger partial charge in [0.1, 0.15) is 12.7 Å². The lowest BCUT2D eigenvalue weighted by atomic mass is 10.2. The van der Waals surface area contributed by atoms with Crippen LogP contribution in [0.15, 0.2) is 23.3 Å². The Balaban J connectivity index is 4.41. The predicted molar refractivity (Wildman–Crippen MR) is 63.6 cm³/mol.